The van der Waals surface area contributed by atoms with Crippen LogP contribution in [0, 0.1) is 0 Å². The van der Waals surface area contributed by atoms with E-state index in [9.17, 15) is 4.79 Å². The average Bonchev–Trinajstić information content (AvgIpc) is 3.16. The average molecular weight is 395 g/mol. The fourth-order valence-electron chi connectivity index (χ4n) is 3.96. The Morgan fingerprint density at radius 3 is 2.68 bits per heavy atom. The van der Waals surface area contributed by atoms with Gasteiger partial charge in [0.2, 0.25) is 5.91 Å². The van der Waals surface area contributed by atoms with Crippen molar-refractivity contribution in [3.8, 4) is 0 Å². The minimum atomic E-state index is -0.0230. The summed E-state index contributed by atoms with van der Waals surface area (Å²) in [5, 5.41) is 15.0. The summed E-state index contributed by atoms with van der Waals surface area (Å²) in [6.07, 6.45) is 6.28. The number of fused-ring (bicyclic) bond motifs is 1. The number of rotatable bonds is 6. The van der Waals surface area contributed by atoms with E-state index in [-0.39, 0.29) is 5.91 Å². The van der Waals surface area contributed by atoms with Crippen LogP contribution in [0.25, 0.3) is 10.8 Å². The second-order valence-corrected chi connectivity index (χ2v) is 8.26. The topological polar surface area (TPSA) is 59.8 Å². The molecule has 1 heterocycles. The molecule has 0 radical (unpaired) electrons. The maximum Gasteiger partial charge on any atom is 0.234 e. The Kier molecular flexibility index (Phi) is 5.95. The standard InChI is InChI=1S/C22H26N4OS/c1-2-26-21(17-9-4-3-5-10-17)24-25-22(26)28-15-20(27)23-19-13-12-16-8-6-7-11-18(16)14-19/h6-8,11-14,17H,2-5,9-10,15H2,1H3,(H,23,27). The molecule has 1 aromatic heterocycles. The zero-order valence-corrected chi connectivity index (χ0v) is 17.0. The number of carbonyl (C=O) groups is 1. The fourth-order valence-corrected chi connectivity index (χ4v) is 4.77. The summed E-state index contributed by atoms with van der Waals surface area (Å²) in [5.74, 6) is 1.92. The number of nitrogens with zero attached hydrogens (tertiary/aromatic N) is 3. The lowest BCUT2D eigenvalue weighted by Gasteiger charge is -2.21. The van der Waals surface area contributed by atoms with Gasteiger partial charge in [0.25, 0.3) is 0 Å². The van der Waals surface area contributed by atoms with E-state index < -0.39 is 0 Å². The molecule has 1 N–H and O–H groups in total. The van der Waals surface area contributed by atoms with Crippen LogP contribution in [0.3, 0.4) is 0 Å². The minimum absolute atomic E-state index is 0.0230. The molecule has 1 saturated carbocycles. The van der Waals surface area contributed by atoms with Crippen LogP contribution in [0.15, 0.2) is 47.6 Å². The maximum atomic E-state index is 12.4. The molecule has 5 nitrogen and oxygen atoms in total. The van der Waals surface area contributed by atoms with E-state index in [0.717, 1.165) is 28.6 Å². The van der Waals surface area contributed by atoms with Gasteiger partial charge in [-0.1, -0.05) is 61.4 Å². The Morgan fingerprint density at radius 2 is 1.89 bits per heavy atom. The summed E-state index contributed by atoms with van der Waals surface area (Å²) in [5.41, 5.74) is 0.823. The molecule has 3 aromatic rings. The van der Waals surface area contributed by atoms with Crippen LogP contribution < -0.4 is 5.32 Å². The Bertz CT molecular complexity index is 962. The summed E-state index contributed by atoms with van der Waals surface area (Å²) >= 11 is 1.46. The van der Waals surface area contributed by atoms with Gasteiger partial charge in [-0.05, 0) is 42.7 Å². The molecule has 0 saturated heterocycles. The lowest BCUT2D eigenvalue weighted by atomic mass is 9.89. The highest BCUT2D eigenvalue weighted by Crippen LogP contribution is 2.33. The van der Waals surface area contributed by atoms with Crippen LogP contribution in [0.4, 0.5) is 5.69 Å². The van der Waals surface area contributed by atoms with Crippen molar-refractivity contribution < 1.29 is 4.79 Å². The van der Waals surface area contributed by atoms with Crippen LogP contribution in [0.2, 0.25) is 0 Å². The van der Waals surface area contributed by atoms with Crippen molar-refractivity contribution in [1.29, 1.82) is 0 Å². The summed E-state index contributed by atoms with van der Waals surface area (Å²) in [6, 6.07) is 14.1. The second-order valence-electron chi connectivity index (χ2n) is 7.32. The van der Waals surface area contributed by atoms with Gasteiger partial charge in [-0.25, -0.2) is 0 Å². The van der Waals surface area contributed by atoms with Crippen LogP contribution in [0.1, 0.15) is 50.8 Å². The lowest BCUT2D eigenvalue weighted by molar-refractivity contribution is -0.113. The van der Waals surface area contributed by atoms with Gasteiger partial charge in [-0.3, -0.25) is 4.79 Å². The van der Waals surface area contributed by atoms with Crippen LogP contribution in [-0.2, 0) is 11.3 Å². The van der Waals surface area contributed by atoms with E-state index >= 15 is 0 Å². The van der Waals surface area contributed by atoms with E-state index in [2.05, 4.69) is 39.1 Å². The van der Waals surface area contributed by atoms with Gasteiger partial charge in [0.1, 0.15) is 5.82 Å². The third kappa shape index (κ3) is 4.22. The number of amides is 1. The van der Waals surface area contributed by atoms with Crippen molar-refractivity contribution in [3.05, 3.63) is 48.3 Å². The highest BCUT2D eigenvalue weighted by Gasteiger charge is 2.23. The van der Waals surface area contributed by atoms with Crippen molar-refractivity contribution in [2.75, 3.05) is 11.1 Å². The Labute approximate surface area is 169 Å². The third-order valence-electron chi connectivity index (χ3n) is 5.40. The normalized spacial score (nSPS) is 15.0. The first kappa shape index (κ1) is 19.0. The molecule has 0 unspecified atom stereocenters. The third-order valence-corrected chi connectivity index (χ3v) is 6.36. The van der Waals surface area contributed by atoms with Gasteiger partial charge in [-0.2, -0.15) is 0 Å². The molecule has 0 bridgehead atoms. The number of hydrogen-bond donors (Lipinski definition) is 1. The van der Waals surface area contributed by atoms with Crippen molar-refractivity contribution >= 4 is 34.1 Å². The number of benzene rings is 2. The molecule has 1 aliphatic carbocycles. The molecule has 0 spiro atoms. The Morgan fingerprint density at radius 1 is 1.11 bits per heavy atom. The van der Waals surface area contributed by atoms with Crippen LogP contribution in [-0.4, -0.2) is 26.4 Å². The largest absolute Gasteiger partial charge is 0.325 e. The first-order valence-corrected chi connectivity index (χ1v) is 11.1. The van der Waals surface area contributed by atoms with Crippen molar-refractivity contribution in [2.45, 2.75) is 56.6 Å². The molecule has 6 heteroatoms. The van der Waals surface area contributed by atoms with Crippen molar-refractivity contribution in [2.24, 2.45) is 0 Å². The number of nitrogens with one attached hydrogen (secondary N) is 1. The van der Waals surface area contributed by atoms with E-state index in [1.54, 1.807) is 0 Å². The molecular weight excluding hydrogens is 368 g/mol. The predicted octanol–water partition coefficient (Wildman–Crippen LogP) is 5.23. The van der Waals surface area contributed by atoms with Crippen molar-refractivity contribution in [1.82, 2.24) is 14.8 Å². The fraction of sp³-hybridized carbons (Fsp3) is 0.409. The Balaban J connectivity index is 1.39. The first-order chi connectivity index (χ1) is 13.7. The molecular formula is C22H26N4OS. The zero-order chi connectivity index (χ0) is 19.3. The van der Waals surface area contributed by atoms with Gasteiger partial charge >= 0.3 is 0 Å². The first-order valence-electron chi connectivity index (χ1n) is 10.1. The quantitative estimate of drug-likeness (QED) is 0.582. The molecule has 0 atom stereocenters. The van der Waals surface area contributed by atoms with Crippen molar-refractivity contribution in [3.63, 3.8) is 0 Å². The van der Waals surface area contributed by atoms with Gasteiger partial charge in [-0.15, -0.1) is 10.2 Å². The molecule has 2 aromatic carbocycles. The molecule has 1 aliphatic rings. The van der Waals surface area contributed by atoms with E-state index in [0.29, 0.717) is 11.7 Å². The maximum absolute atomic E-state index is 12.4. The van der Waals surface area contributed by atoms with Gasteiger partial charge in [0.15, 0.2) is 5.16 Å². The zero-order valence-electron chi connectivity index (χ0n) is 16.2. The van der Waals surface area contributed by atoms with Crippen LogP contribution in [0.5, 0.6) is 0 Å². The van der Waals surface area contributed by atoms with Gasteiger partial charge in [0.05, 0.1) is 5.75 Å². The molecule has 0 aliphatic heterocycles. The summed E-state index contributed by atoms with van der Waals surface area (Å²) in [6.45, 7) is 2.96. The SMILES string of the molecule is CCn1c(SCC(=O)Nc2ccc3ccccc3c2)nnc1C1CCCCC1. The smallest absolute Gasteiger partial charge is 0.234 e. The number of carbonyl (C=O) groups excluding carboxylic acids is 1. The molecule has 1 amide bonds. The van der Waals surface area contributed by atoms with Crippen LogP contribution >= 0.6 is 11.8 Å². The molecule has 1 fully saturated rings. The Hall–Kier alpha value is -2.34. The predicted molar refractivity (Wildman–Crippen MR) is 115 cm³/mol. The summed E-state index contributed by atoms with van der Waals surface area (Å²) in [4.78, 5) is 12.4. The molecule has 28 heavy (non-hydrogen) atoms. The highest BCUT2D eigenvalue weighted by molar-refractivity contribution is 7.99. The molecule has 146 valence electrons. The van der Waals surface area contributed by atoms with E-state index in [4.69, 9.17) is 0 Å². The highest BCUT2D eigenvalue weighted by atomic mass is 32.2. The second kappa shape index (κ2) is 8.78. The minimum Gasteiger partial charge on any atom is -0.325 e. The summed E-state index contributed by atoms with van der Waals surface area (Å²) in [7, 11) is 0. The number of thioether (sulfide) groups is 1. The van der Waals surface area contributed by atoms with E-state index in [1.807, 2.05) is 30.3 Å². The number of aromatic nitrogens is 3. The van der Waals surface area contributed by atoms with E-state index in [1.165, 1.54) is 49.3 Å². The monoisotopic (exact) mass is 394 g/mol. The van der Waals surface area contributed by atoms with Gasteiger partial charge in [0, 0.05) is 18.2 Å². The van der Waals surface area contributed by atoms with Gasteiger partial charge < -0.3 is 9.88 Å². The number of hydrogen-bond acceptors (Lipinski definition) is 4. The molecule has 4 rings (SSSR count). The lowest BCUT2D eigenvalue weighted by Crippen LogP contribution is -2.15. The summed E-state index contributed by atoms with van der Waals surface area (Å²) < 4.78 is 2.18. The number of anilines is 1.